The molecule has 2 aliphatic rings. The second-order valence-electron chi connectivity index (χ2n) is 6.99. The third-order valence-corrected chi connectivity index (χ3v) is 7.99. The van der Waals surface area contributed by atoms with E-state index < -0.39 is 14.9 Å². The summed E-state index contributed by atoms with van der Waals surface area (Å²) in [6.07, 6.45) is 4.46. The number of rotatable bonds is 6. The number of morpholine rings is 1. The highest BCUT2D eigenvalue weighted by Gasteiger charge is 2.29. The van der Waals surface area contributed by atoms with E-state index in [-0.39, 0.29) is 23.7 Å². The van der Waals surface area contributed by atoms with E-state index in [0.29, 0.717) is 29.2 Å². The summed E-state index contributed by atoms with van der Waals surface area (Å²) < 4.78 is 32.1. The smallest absolute Gasteiger partial charge is 0.284 e. The van der Waals surface area contributed by atoms with Gasteiger partial charge in [-0.2, -0.15) is 4.31 Å². The van der Waals surface area contributed by atoms with Crippen LogP contribution in [0, 0.1) is 10.1 Å². The number of nitro benzene ring substituents is 1. The van der Waals surface area contributed by atoms with Crippen LogP contribution in [0.4, 0.5) is 5.69 Å². The van der Waals surface area contributed by atoms with Crippen LogP contribution in [0.15, 0.2) is 33.1 Å². The van der Waals surface area contributed by atoms with E-state index in [1.54, 1.807) is 0 Å². The van der Waals surface area contributed by atoms with Crippen LogP contribution in [0.3, 0.4) is 0 Å². The molecule has 1 N–H and O–H groups in total. The van der Waals surface area contributed by atoms with Crippen LogP contribution in [-0.4, -0.2) is 59.1 Å². The predicted molar refractivity (Wildman–Crippen MR) is 104 cm³/mol. The van der Waals surface area contributed by atoms with Gasteiger partial charge in [-0.15, -0.1) is 5.10 Å². The van der Waals surface area contributed by atoms with Crippen molar-refractivity contribution in [3.05, 3.63) is 34.1 Å². The predicted octanol–water partition coefficient (Wildman–Crippen LogP) is 2.54. The molecular weight excluding hydrogens is 418 g/mol. The summed E-state index contributed by atoms with van der Waals surface area (Å²) in [5, 5.41) is 19.1. The highest BCUT2D eigenvalue weighted by atomic mass is 32.2. The van der Waals surface area contributed by atoms with Crippen LogP contribution in [0.5, 0.6) is 0 Å². The van der Waals surface area contributed by atoms with E-state index in [9.17, 15) is 18.5 Å². The summed E-state index contributed by atoms with van der Waals surface area (Å²) in [6.45, 7) is 1.08. The number of sulfonamides is 1. The summed E-state index contributed by atoms with van der Waals surface area (Å²) in [6, 6.07) is 3.95. The molecule has 29 heavy (non-hydrogen) atoms. The van der Waals surface area contributed by atoms with E-state index in [1.807, 2.05) is 0 Å². The van der Waals surface area contributed by atoms with Gasteiger partial charge in [0.05, 0.1) is 27.9 Å². The Morgan fingerprint density at radius 1 is 1.24 bits per heavy atom. The maximum atomic E-state index is 12.8. The molecule has 12 heteroatoms. The zero-order valence-electron chi connectivity index (χ0n) is 15.6. The molecule has 1 saturated heterocycles. The van der Waals surface area contributed by atoms with Gasteiger partial charge in [0, 0.05) is 25.1 Å². The Morgan fingerprint density at radius 3 is 2.66 bits per heavy atom. The number of benzene rings is 1. The van der Waals surface area contributed by atoms with Crippen LogP contribution in [0.2, 0.25) is 0 Å². The number of ether oxygens (including phenoxy) is 1. The van der Waals surface area contributed by atoms with Crippen molar-refractivity contribution >= 4 is 27.5 Å². The summed E-state index contributed by atoms with van der Waals surface area (Å²) >= 11 is 1.05. The van der Waals surface area contributed by atoms with Crippen molar-refractivity contribution in [2.45, 2.75) is 46.5 Å². The zero-order chi connectivity index (χ0) is 20.4. The molecule has 156 valence electrons. The van der Waals surface area contributed by atoms with Gasteiger partial charge in [-0.25, -0.2) is 13.4 Å². The minimum absolute atomic E-state index is 0.0999. The first-order chi connectivity index (χ1) is 13.9. The molecule has 0 amide bonds. The molecule has 0 unspecified atom stereocenters. The standard InChI is InChI=1S/C17H21N5O5S2/c23-22(24)14-11-13(29(25,26)21-7-9-27-10-8-21)5-6-15(14)28-17-18-16(19-20-17)12-3-1-2-4-12/h5-6,11-12H,1-4,7-10H2,(H,18,19,20). The molecule has 10 nitrogen and oxygen atoms in total. The summed E-state index contributed by atoms with van der Waals surface area (Å²) in [5.41, 5.74) is -0.281. The molecule has 0 atom stereocenters. The number of hydrogen-bond donors (Lipinski definition) is 1. The van der Waals surface area contributed by atoms with Gasteiger partial charge in [-0.1, -0.05) is 12.8 Å². The Hall–Kier alpha value is -2.02. The van der Waals surface area contributed by atoms with Gasteiger partial charge in [0.1, 0.15) is 5.82 Å². The van der Waals surface area contributed by atoms with Crippen molar-refractivity contribution in [1.82, 2.24) is 19.5 Å². The van der Waals surface area contributed by atoms with Gasteiger partial charge >= 0.3 is 0 Å². The zero-order valence-corrected chi connectivity index (χ0v) is 17.2. The number of hydrogen-bond acceptors (Lipinski definition) is 8. The fourth-order valence-corrected chi connectivity index (χ4v) is 5.84. The van der Waals surface area contributed by atoms with Gasteiger partial charge < -0.3 is 4.74 Å². The molecule has 1 aromatic carbocycles. The van der Waals surface area contributed by atoms with Gasteiger partial charge in [-0.3, -0.25) is 15.2 Å². The highest BCUT2D eigenvalue weighted by Crippen LogP contribution is 2.37. The Kier molecular flexibility index (Phi) is 5.86. The summed E-state index contributed by atoms with van der Waals surface area (Å²) in [7, 11) is -3.81. The van der Waals surface area contributed by atoms with Crippen molar-refractivity contribution in [3.63, 3.8) is 0 Å². The highest BCUT2D eigenvalue weighted by molar-refractivity contribution is 7.99. The second-order valence-corrected chi connectivity index (χ2v) is 9.94. The quantitative estimate of drug-likeness (QED) is 0.536. The molecule has 0 bridgehead atoms. The summed E-state index contributed by atoms with van der Waals surface area (Å²) in [4.78, 5) is 15.7. The molecule has 4 rings (SSSR count). The van der Waals surface area contributed by atoms with E-state index in [2.05, 4.69) is 15.2 Å². The molecule has 1 aromatic heterocycles. The maximum Gasteiger partial charge on any atom is 0.284 e. The minimum Gasteiger partial charge on any atom is -0.379 e. The average Bonchev–Trinajstić information content (AvgIpc) is 3.40. The maximum absolute atomic E-state index is 12.8. The number of nitro groups is 1. The number of H-pyrrole nitrogens is 1. The molecule has 0 radical (unpaired) electrons. The van der Waals surface area contributed by atoms with Crippen LogP contribution in [0.1, 0.15) is 37.4 Å². The molecule has 0 spiro atoms. The first-order valence-corrected chi connectivity index (χ1v) is 11.7. The second kappa shape index (κ2) is 8.38. The van der Waals surface area contributed by atoms with Crippen molar-refractivity contribution < 1.29 is 18.1 Å². The SMILES string of the molecule is O=[N+]([O-])c1cc(S(=O)(=O)N2CCOCC2)ccc1Sc1n[nH]c(C2CCCC2)n1. The summed E-state index contributed by atoms with van der Waals surface area (Å²) in [5.74, 6) is 1.16. The Balaban J connectivity index is 1.59. The lowest BCUT2D eigenvalue weighted by Gasteiger charge is -2.26. The lowest BCUT2D eigenvalue weighted by molar-refractivity contribution is -0.388. The third-order valence-electron chi connectivity index (χ3n) is 5.16. The largest absolute Gasteiger partial charge is 0.379 e. The topological polar surface area (TPSA) is 131 Å². The Morgan fingerprint density at radius 2 is 1.97 bits per heavy atom. The lowest BCUT2D eigenvalue weighted by atomic mass is 10.1. The van der Waals surface area contributed by atoms with Crippen LogP contribution in [-0.2, 0) is 14.8 Å². The fourth-order valence-electron chi connectivity index (χ4n) is 3.61. The van der Waals surface area contributed by atoms with Crippen LogP contribution in [0.25, 0.3) is 0 Å². The monoisotopic (exact) mass is 439 g/mol. The van der Waals surface area contributed by atoms with Crippen molar-refractivity contribution in [3.8, 4) is 0 Å². The molecule has 1 saturated carbocycles. The fraction of sp³-hybridized carbons (Fsp3) is 0.529. The van der Waals surface area contributed by atoms with Crippen molar-refractivity contribution in [1.29, 1.82) is 0 Å². The Labute approximate surface area is 172 Å². The van der Waals surface area contributed by atoms with Gasteiger partial charge in [0.15, 0.2) is 0 Å². The number of nitrogens with one attached hydrogen (secondary N) is 1. The molecule has 2 heterocycles. The van der Waals surface area contributed by atoms with Gasteiger partial charge in [0.25, 0.3) is 5.69 Å². The Bertz CT molecular complexity index is 997. The average molecular weight is 440 g/mol. The van der Waals surface area contributed by atoms with E-state index >= 15 is 0 Å². The van der Waals surface area contributed by atoms with Gasteiger partial charge in [-0.05, 0) is 36.7 Å². The number of aromatic amines is 1. The molecular formula is C17H21N5O5S2. The number of nitrogens with zero attached hydrogens (tertiary/aromatic N) is 4. The molecule has 1 aliphatic carbocycles. The molecule has 1 aliphatic heterocycles. The molecule has 2 aromatic rings. The first kappa shape index (κ1) is 20.3. The van der Waals surface area contributed by atoms with Crippen molar-refractivity contribution in [2.75, 3.05) is 26.3 Å². The third kappa shape index (κ3) is 4.29. The van der Waals surface area contributed by atoms with Gasteiger partial charge in [0.2, 0.25) is 15.2 Å². The van der Waals surface area contributed by atoms with Crippen LogP contribution < -0.4 is 0 Å². The van der Waals surface area contributed by atoms with Crippen LogP contribution >= 0.6 is 11.8 Å². The first-order valence-electron chi connectivity index (χ1n) is 9.41. The molecule has 2 fully saturated rings. The number of aromatic nitrogens is 3. The van der Waals surface area contributed by atoms with E-state index in [4.69, 9.17) is 4.74 Å². The normalized spacial score (nSPS) is 18.9. The van der Waals surface area contributed by atoms with Crippen molar-refractivity contribution in [2.24, 2.45) is 0 Å². The minimum atomic E-state index is -3.81. The van der Waals surface area contributed by atoms with E-state index in [0.717, 1.165) is 36.5 Å². The lowest BCUT2D eigenvalue weighted by Crippen LogP contribution is -2.40. The van der Waals surface area contributed by atoms with E-state index in [1.165, 1.54) is 29.3 Å².